The van der Waals surface area contributed by atoms with Crippen molar-refractivity contribution in [3.8, 4) is 0 Å². The summed E-state index contributed by atoms with van der Waals surface area (Å²) in [4.78, 5) is 27.8. The quantitative estimate of drug-likeness (QED) is 0.629. The van der Waals surface area contributed by atoms with Crippen molar-refractivity contribution in [2.24, 2.45) is 11.8 Å². The molecule has 0 aromatic heterocycles. The number of nitrogens with zero attached hydrogens (tertiary/aromatic N) is 3. The van der Waals surface area contributed by atoms with Gasteiger partial charge in [-0.25, -0.2) is 0 Å². The molecule has 2 fully saturated rings. The molecular weight excluding hydrogens is 306 g/mol. The van der Waals surface area contributed by atoms with E-state index < -0.39 is 0 Å². The van der Waals surface area contributed by atoms with Crippen LogP contribution in [0.15, 0.2) is 18.2 Å². The van der Waals surface area contributed by atoms with Gasteiger partial charge in [-0.2, -0.15) is 0 Å². The lowest BCUT2D eigenvalue weighted by atomic mass is 9.91. The number of hydrogen-bond donors (Lipinski definition) is 0. The maximum absolute atomic E-state index is 12.8. The molecule has 2 aliphatic rings. The Hall–Kier alpha value is -2.11. The smallest absolute Gasteiger partial charge is 0.293 e. The Kier molecular flexibility index (Phi) is 4.73. The second-order valence-electron chi connectivity index (χ2n) is 7.31. The van der Waals surface area contributed by atoms with E-state index in [9.17, 15) is 14.9 Å². The molecule has 0 unspecified atom stereocenters. The summed E-state index contributed by atoms with van der Waals surface area (Å²) in [5, 5.41) is 11.5. The fourth-order valence-electron chi connectivity index (χ4n) is 4.04. The van der Waals surface area contributed by atoms with E-state index in [0.717, 1.165) is 45.4 Å². The van der Waals surface area contributed by atoms with E-state index in [1.54, 1.807) is 12.1 Å². The topological polar surface area (TPSA) is 66.7 Å². The Morgan fingerprint density at radius 3 is 2.38 bits per heavy atom. The molecule has 0 saturated carbocycles. The van der Waals surface area contributed by atoms with Gasteiger partial charge in [-0.05, 0) is 43.2 Å². The van der Waals surface area contributed by atoms with Crippen molar-refractivity contribution in [2.75, 3.05) is 31.1 Å². The van der Waals surface area contributed by atoms with Gasteiger partial charge in [-0.3, -0.25) is 14.9 Å². The Morgan fingerprint density at radius 2 is 1.79 bits per heavy atom. The zero-order chi connectivity index (χ0) is 17.3. The summed E-state index contributed by atoms with van der Waals surface area (Å²) in [6, 6.07) is 4.94. The summed E-state index contributed by atoms with van der Waals surface area (Å²) in [5.41, 5.74) is 1.10. The van der Waals surface area contributed by atoms with Gasteiger partial charge in [-0.1, -0.05) is 13.8 Å². The van der Waals surface area contributed by atoms with E-state index in [-0.39, 0.29) is 16.5 Å². The van der Waals surface area contributed by atoms with E-state index in [2.05, 4.69) is 13.8 Å². The van der Waals surface area contributed by atoms with Gasteiger partial charge in [0, 0.05) is 37.8 Å². The van der Waals surface area contributed by atoms with Crippen LogP contribution in [0.1, 0.15) is 43.5 Å². The zero-order valence-corrected chi connectivity index (χ0v) is 14.4. The van der Waals surface area contributed by atoms with Gasteiger partial charge < -0.3 is 9.80 Å². The standard InChI is InChI=1S/C18H25N3O3/c1-13-9-14(2)12-20(11-13)18(22)15-5-6-16(17(10-15)21(23)24)19-7-3-4-8-19/h5-6,10,13-14H,3-4,7-9,11-12H2,1-2H3/t13-,14-/m0/s1. The van der Waals surface area contributed by atoms with Gasteiger partial charge >= 0.3 is 0 Å². The molecule has 6 nitrogen and oxygen atoms in total. The average Bonchev–Trinajstić information content (AvgIpc) is 3.07. The SMILES string of the molecule is C[C@H]1C[C@H](C)CN(C(=O)c2ccc(N3CCCC3)c([N+](=O)[O-])c2)C1. The van der Waals surface area contributed by atoms with E-state index in [4.69, 9.17) is 0 Å². The van der Waals surface area contributed by atoms with Crippen LogP contribution in [-0.4, -0.2) is 41.9 Å². The van der Waals surface area contributed by atoms with Gasteiger partial charge in [0.1, 0.15) is 5.69 Å². The Labute approximate surface area is 142 Å². The van der Waals surface area contributed by atoms with Crippen molar-refractivity contribution in [3.05, 3.63) is 33.9 Å². The molecule has 2 aliphatic heterocycles. The summed E-state index contributed by atoms with van der Waals surface area (Å²) >= 11 is 0. The summed E-state index contributed by atoms with van der Waals surface area (Å²) in [5.74, 6) is 0.845. The summed E-state index contributed by atoms with van der Waals surface area (Å²) in [7, 11) is 0. The lowest BCUT2D eigenvalue weighted by Crippen LogP contribution is -2.42. The number of nitro groups is 1. The summed E-state index contributed by atoms with van der Waals surface area (Å²) in [6.45, 7) is 7.43. The molecule has 3 rings (SSSR count). The number of likely N-dealkylation sites (tertiary alicyclic amines) is 1. The van der Waals surface area contributed by atoms with Crippen molar-refractivity contribution >= 4 is 17.3 Å². The van der Waals surface area contributed by atoms with Crippen LogP contribution in [0.2, 0.25) is 0 Å². The number of anilines is 1. The van der Waals surface area contributed by atoms with Crippen molar-refractivity contribution < 1.29 is 9.72 Å². The maximum Gasteiger partial charge on any atom is 0.293 e. The first-order valence-electron chi connectivity index (χ1n) is 8.78. The average molecular weight is 331 g/mol. The molecule has 2 atom stereocenters. The van der Waals surface area contributed by atoms with Crippen molar-refractivity contribution in [1.29, 1.82) is 0 Å². The van der Waals surface area contributed by atoms with Crippen molar-refractivity contribution in [2.45, 2.75) is 33.1 Å². The monoisotopic (exact) mass is 331 g/mol. The molecular formula is C18H25N3O3. The highest BCUT2D eigenvalue weighted by Crippen LogP contribution is 2.32. The number of carbonyl (C=O) groups is 1. The van der Waals surface area contributed by atoms with E-state index >= 15 is 0 Å². The molecule has 1 aromatic carbocycles. The molecule has 0 aliphatic carbocycles. The summed E-state index contributed by atoms with van der Waals surface area (Å²) in [6.07, 6.45) is 3.24. The molecule has 0 radical (unpaired) electrons. The minimum atomic E-state index is -0.369. The van der Waals surface area contributed by atoms with Crippen molar-refractivity contribution in [1.82, 2.24) is 4.90 Å². The number of rotatable bonds is 3. The van der Waals surface area contributed by atoms with Gasteiger partial charge in [0.05, 0.1) is 4.92 Å². The molecule has 2 heterocycles. The molecule has 24 heavy (non-hydrogen) atoms. The second-order valence-corrected chi connectivity index (χ2v) is 7.31. The first-order chi connectivity index (χ1) is 11.5. The number of hydrogen-bond acceptors (Lipinski definition) is 4. The van der Waals surface area contributed by atoms with Crippen LogP contribution < -0.4 is 4.90 Å². The Morgan fingerprint density at radius 1 is 1.17 bits per heavy atom. The van der Waals surface area contributed by atoms with Gasteiger partial charge in [0.15, 0.2) is 0 Å². The molecule has 130 valence electrons. The largest absolute Gasteiger partial charge is 0.366 e. The minimum Gasteiger partial charge on any atom is -0.366 e. The molecule has 0 bridgehead atoms. The molecule has 1 amide bonds. The number of amides is 1. The van der Waals surface area contributed by atoms with Crippen LogP contribution in [0.25, 0.3) is 0 Å². The predicted octanol–water partition coefficient (Wildman–Crippen LogP) is 3.31. The first-order valence-corrected chi connectivity index (χ1v) is 8.78. The number of benzene rings is 1. The Balaban J connectivity index is 1.86. The third-order valence-electron chi connectivity index (χ3n) is 5.02. The lowest BCUT2D eigenvalue weighted by molar-refractivity contribution is -0.384. The van der Waals surface area contributed by atoms with Crippen LogP contribution in [0.3, 0.4) is 0 Å². The number of carbonyl (C=O) groups excluding carboxylic acids is 1. The fourth-order valence-corrected chi connectivity index (χ4v) is 4.04. The van der Waals surface area contributed by atoms with Gasteiger partial charge in [0.25, 0.3) is 11.6 Å². The third kappa shape index (κ3) is 3.37. The molecule has 0 N–H and O–H groups in total. The third-order valence-corrected chi connectivity index (χ3v) is 5.02. The number of nitro benzene ring substituents is 1. The van der Waals surface area contributed by atoms with Gasteiger partial charge in [-0.15, -0.1) is 0 Å². The normalized spacial score (nSPS) is 24.2. The fraction of sp³-hybridized carbons (Fsp3) is 0.611. The Bertz CT molecular complexity index is 630. The molecule has 2 saturated heterocycles. The highest BCUT2D eigenvalue weighted by atomic mass is 16.6. The van der Waals surface area contributed by atoms with Crippen molar-refractivity contribution in [3.63, 3.8) is 0 Å². The second kappa shape index (κ2) is 6.79. The van der Waals surface area contributed by atoms with Crippen LogP contribution in [0.4, 0.5) is 11.4 Å². The van der Waals surface area contributed by atoms with Crippen LogP contribution in [-0.2, 0) is 0 Å². The molecule has 1 aromatic rings. The molecule has 6 heteroatoms. The van der Waals surface area contributed by atoms with Crippen LogP contribution in [0, 0.1) is 22.0 Å². The lowest BCUT2D eigenvalue weighted by Gasteiger charge is -2.35. The highest BCUT2D eigenvalue weighted by molar-refractivity contribution is 5.96. The zero-order valence-electron chi connectivity index (χ0n) is 14.4. The highest BCUT2D eigenvalue weighted by Gasteiger charge is 2.29. The van der Waals surface area contributed by atoms with E-state index in [1.165, 1.54) is 6.07 Å². The minimum absolute atomic E-state index is 0.0425. The van der Waals surface area contributed by atoms with E-state index in [0.29, 0.717) is 23.1 Å². The number of piperidine rings is 1. The van der Waals surface area contributed by atoms with Crippen LogP contribution >= 0.6 is 0 Å². The molecule has 0 spiro atoms. The maximum atomic E-state index is 12.8. The van der Waals surface area contributed by atoms with E-state index in [1.807, 2.05) is 9.80 Å². The predicted molar refractivity (Wildman–Crippen MR) is 93.4 cm³/mol. The first kappa shape index (κ1) is 16.7. The van der Waals surface area contributed by atoms with Gasteiger partial charge in [0.2, 0.25) is 0 Å². The summed E-state index contributed by atoms with van der Waals surface area (Å²) < 4.78 is 0. The van der Waals surface area contributed by atoms with Crippen LogP contribution in [0.5, 0.6) is 0 Å².